The number of carbonyl (C=O) groups excluding carboxylic acids is 1. The molecule has 0 aliphatic rings. The number of nitrogens with two attached hydrogens (primary N) is 1. The number of benzene rings is 2. The minimum atomic E-state index is -4.26. The maximum atomic E-state index is 13.0. The van der Waals surface area contributed by atoms with Gasteiger partial charge in [-0.2, -0.15) is 8.42 Å². The Labute approximate surface area is 163 Å². The number of aryl methyl sites for hydroxylation is 1. The van der Waals surface area contributed by atoms with Gasteiger partial charge in [-0.3, -0.25) is 10.1 Å². The predicted molar refractivity (Wildman–Crippen MR) is 98.4 cm³/mol. The number of nitrogen functional groups attached to an aromatic ring is 1. The lowest BCUT2D eigenvalue weighted by Gasteiger charge is -2.05. The summed E-state index contributed by atoms with van der Waals surface area (Å²) in [5, 5.41) is 14.7. The van der Waals surface area contributed by atoms with Gasteiger partial charge in [-0.1, -0.05) is 6.07 Å². The number of nitrogens with zero attached hydrogens (tertiary/aromatic N) is 3. The normalized spacial score (nSPS) is 11.2. The number of hydrogen-bond acceptors (Lipinski definition) is 8. The third-order valence-corrected chi connectivity index (χ3v) is 5.48. The van der Waals surface area contributed by atoms with Crippen LogP contribution in [-0.4, -0.2) is 28.5 Å². The smallest absolute Gasteiger partial charge is 0.345 e. The zero-order valence-corrected chi connectivity index (χ0v) is 15.6. The highest BCUT2D eigenvalue weighted by molar-refractivity contribution is 7.90. The molecular weight excluding hydrogens is 407 g/mol. The van der Waals surface area contributed by atoms with Gasteiger partial charge in [0.2, 0.25) is 5.88 Å². The number of carbonyl (C=O) groups is 1. The van der Waals surface area contributed by atoms with Gasteiger partial charge in [-0.15, -0.1) is 9.19 Å². The molecule has 0 saturated carbocycles. The van der Waals surface area contributed by atoms with E-state index in [1.54, 1.807) is 0 Å². The lowest BCUT2D eigenvalue weighted by molar-refractivity contribution is -0.385. The summed E-state index contributed by atoms with van der Waals surface area (Å²) in [7, 11) is -4.26. The predicted octanol–water partition coefficient (Wildman–Crippen LogP) is 2.28. The topological polar surface area (TPSA) is 147 Å². The van der Waals surface area contributed by atoms with Crippen molar-refractivity contribution in [2.45, 2.75) is 11.8 Å². The summed E-state index contributed by atoms with van der Waals surface area (Å²) >= 11 is 0. The van der Waals surface area contributed by atoms with Crippen LogP contribution in [0.4, 0.5) is 15.9 Å². The van der Waals surface area contributed by atoms with Crippen molar-refractivity contribution in [2.75, 3.05) is 5.73 Å². The second kappa shape index (κ2) is 7.31. The fourth-order valence-corrected chi connectivity index (χ4v) is 3.59. The summed E-state index contributed by atoms with van der Waals surface area (Å²) in [5.74, 6) is -2.40. The summed E-state index contributed by atoms with van der Waals surface area (Å²) in [6, 6.07) is 8.71. The van der Waals surface area contributed by atoms with Crippen molar-refractivity contribution in [2.24, 2.45) is 0 Å². The van der Waals surface area contributed by atoms with E-state index in [1.165, 1.54) is 19.1 Å². The molecule has 0 amide bonds. The Morgan fingerprint density at radius 1 is 1.21 bits per heavy atom. The van der Waals surface area contributed by atoms with Crippen LogP contribution in [0.2, 0.25) is 0 Å². The van der Waals surface area contributed by atoms with Crippen LogP contribution in [0.25, 0.3) is 0 Å². The van der Waals surface area contributed by atoms with Gasteiger partial charge in [0.15, 0.2) is 0 Å². The molecule has 0 bridgehead atoms. The first-order valence-electron chi connectivity index (χ1n) is 7.93. The molecule has 0 atom stereocenters. The van der Waals surface area contributed by atoms with Crippen molar-refractivity contribution >= 4 is 27.5 Å². The van der Waals surface area contributed by atoms with Gasteiger partial charge in [0.25, 0.3) is 15.7 Å². The molecule has 3 rings (SSSR count). The molecule has 2 aromatic carbocycles. The van der Waals surface area contributed by atoms with Crippen LogP contribution in [0.3, 0.4) is 0 Å². The van der Waals surface area contributed by atoms with Gasteiger partial charge in [0.1, 0.15) is 11.6 Å². The highest BCUT2D eigenvalue weighted by Crippen LogP contribution is 2.23. The number of halogens is 1. The molecule has 1 heterocycles. The summed E-state index contributed by atoms with van der Waals surface area (Å²) in [4.78, 5) is 22.3. The van der Waals surface area contributed by atoms with Crippen molar-refractivity contribution in [1.82, 2.24) is 9.19 Å². The first-order valence-corrected chi connectivity index (χ1v) is 9.37. The monoisotopic (exact) mass is 420 g/mol. The summed E-state index contributed by atoms with van der Waals surface area (Å²) in [6.45, 7) is 1.51. The number of esters is 1. The van der Waals surface area contributed by atoms with E-state index < -0.39 is 32.6 Å². The molecule has 0 aliphatic carbocycles. The first kappa shape index (κ1) is 19.9. The van der Waals surface area contributed by atoms with E-state index in [4.69, 9.17) is 10.5 Å². The van der Waals surface area contributed by atoms with Gasteiger partial charge in [0.05, 0.1) is 15.4 Å². The number of nitro benzene ring substituents is 1. The maximum Gasteiger partial charge on any atom is 0.345 e. The molecule has 10 nitrogen and oxygen atoms in total. The Bertz CT molecular complexity index is 1220. The average molecular weight is 420 g/mol. The number of ether oxygens (including phenoxy) is 1. The van der Waals surface area contributed by atoms with Crippen molar-refractivity contribution in [3.05, 3.63) is 75.6 Å². The molecule has 3 aromatic rings. The third-order valence-electron chi connectivity index (χ3n) is 3.86. The van der Waals surface area contributed by atoms with Crippen molar-refractivity contribution < 1.29 is 27.3 Å². The first-order chi connectivity index (χ1) is 13.6. The molecule has 0 spiro atoms. The quantitative estimate of drug-likeness (QED) is 0.375. The summed E-state index contributed by atoms with van der Waals surface area (Å²) in [5.41, 5.74) is 5.61. The molecule has 0 saturated heterocycles. The molecule has 0 fully saturated rings. The van der Waals surface area contributed by atoms with E-state index in [9.17, 15) is 27.7 Å². The van der Waals surface area contributed by atoms with Crippen molar-refractivity contribution in [1.29, 1.82) is 0 Å². The lowest BCUT2D eigenvalue weighted by atomic mass is 10.1. The van der Waals surface area contributed by atoms with Gasteiger partial charge in [0, 0.05) is 17.7 Å². The van der Waals surface area contributed by atoms with E-state index >= 15 is 0 Å². The van der Waals surface area contributed by atoms with E-state index in [1.807, 2.05) is 0 Å². The minimum absolute atomic E-state index is 0.128. The van der Waals surface area contributed by atoms with Crippen LogP contribution in [-0.2, 0) is 10.0 Å². The largest absolute Gasteiger partial charge is 0.402 e. The molecule has 150 valence electrons. The Morgan fingerprint density at radius 3 is 2.48 bits per heavy atom. The second-order valence-corrected chi connectivity index (χ2v) is 7.62. The Morgan fingerprint density at radius 2 is 1.86 bits per heavy atom. The standard InChI is InChI=1S/C17H13FN4O6S/c1-10-2-3-11(8-14(10)22(24)25)17(23)28-16-9-15(19)21(20-16)29(26,27)13-6-4-12(18)5-7-13/h2-9H,19H2,1H3. The fraction of sp³-hybridized carbons (Fsp3) is 0.0588. The lowest BCUT2D eigenvalue weighted by Crippen LogP contribution is -2.17. The molecule has 29 heavy (non-hydrogen) atoms. The fourth-order valence-electron chi connectivity index (χ4n) is 2.39. The van der Waals surface area contributed by atoms with Gasteiger partial charge >= 0.3 is 5.97 Å². The Kier molecular flexibility index (Phi) is 5.03. The van der Waals surface area contributed by atoms with Crippen LogP contribution in [0.5, 0.6) is 5.88 Å². The molecule has 0 aliphatic heterocycles. The molecule has 2 N–H and O–H groups in total. The number of aromatic nitrogens is 2. The second-order valence-electron chi connectivity index (χ2n) is 5.86. The number of hydrogen-bond donors (Lipinski definition) is 1. The highest BCUT2D eigenvalue weighted by atomic mass is 32.2. The van der Waals surface area contributed by atoms with Crippen LogP contribution < -0.4 is 10.5 Å². The van der Waals surface area contributed by atoms with E-state index in [0.717, 1.165) is 36.4 Å². The molecule has 0 unspecified atom stereocenters. The molecule has 0 radical (unpaired) electrons. The Balaban J connectivity index is 1.89. The zero-order valence-electron chi connectivity index (χ0n) is 14.8. The zero-order chi connectivity index (χ0) is 21.3. The van der Waals surface area contributed by atoms with Gasteiger partial charge in [-0.25, -0.2) is 9.18 Å². The summed E-state index contributed by atoms with van der Waals surface area (Å²) in [6.07, 6.45) is 0. The minimum Gasteiger partial charge on any atom is -0.402 e. The van der Waals surface area contributed by atoms with Crippen LogP contribution >= 0.6 is 0 Å². The SMILES string of the molecule is Cc1ccc(C(=O)Oc2cc(N)n(S(=O)(=O)c3ccc(F)cc3)n2)cc1[N+](=O)[O-]. The van der Waals surface area contributed by atoms with Gasteiger partial charge in [-0.05, 0) is 37.3 Å². The van der Waals surface area contributed by atoms with E-state index in [-0.39, 0.29) is 22.0 Å². The van der Waals surface area contributed by atoms with Gasteiger partial charge < -0.3 is 10.5 Å². The molecule has 12 heteroatoms. The van der Waals surface area contributed by atoms with E-state index in [2.05, 4.69) is 5.10 Å². The highest BCUT2D eigenvalue weighted by Gasteiger charge is 2.24. The van der Waals surface area contributed by atoms with Crippen LogP contribution in [0.15, 0.2) is 53.4 Å². The van der Waals surface area contributed by atoms with Crippen LogP contribution in [0.1, 0.15) is 15.9 Å². The third kappa shape index (κ3) is 3.91. The molecule has 1 aromatic heterocycles. The maximum absolute atomic E-state index is 13.0. The number of nitro groups is 1. The number of anilines is 1. The average Bonchev–Trinajstić information content (AvgIpc) is 3.03. The van der Waals surface area contributed by atoms with Crippen molar-refractivity contribution in [3.8, 4) is 5.88 Å². The number of rotatable bonds is 5. The molecular formula is C17H13FN4O6S. The Hall–Kier alpha value is -3.80. The van der Waals surface area contributed by atoms with Crippen LogP contribution in [0, 0.1) is 22.9 Å². The summed E-state index contributed by atoms with van der Waals surface area (Å²) < 4.78 is 43.6. The van der Waals surface area contributed by atoms with E-state index in [0.29, 0.717) is 9.65 Å². The van der Waals surface area contributed by atoms with Crippen molar-refractivity contribution in [3.63, 3.8) is 0 Å².